The molecular formula is C37H40F2N4O5S. The molecule has 2 aromatic heterocycles. The van der Waals surface area contributed by atoms with Crippen LogP contribution >= 0.6 is 11.3 Å². The fourth-order valence-corrected chi connectivity index (χ4v) is 7.18. The van der Waals surface area contributed by atoms with Gasteiger partial charge >= 0.3 is 5.97 Å². The van der Waals surface area contributed by atoms with Crippen LogP contribution in [0.15, 0.2) is 47.8 Å². The van der Waals surface area contributed by atoms with Gasteiger partial charge in [-0.25, -0.2) is 18.6 Å². The molecule has 258 valence electrons. The number of hydrogen-bond acceptors (Lipinski definition) is 8. The van der Waals surface area contributed by atoms with Gasteiger partial charge in [0.05, 0.1) is 13.7 Å². The lowest BCUT2D eigenvalue weighted by atomic mass is 9.92. The number of amides is 2. The molecule has 0 bridgehead atoms. The fraction of sp³-hybridized carbons (Fsp3) is 0.351. The summed E-state index contributed by atoms with van der Waals surface area (Å²) in [6.45, 7) is 6.64. The predicted octanol–water partition coefficient (Wildman–Crippen LogP) is 7.15. The number of carbonyl (C=O) groups excluding carboxylic acids is 3. The highest BCUT2D eigenvalue weighted by molar-refractivity contribution is 7.13. The molecule has 1 aliphatic heterocycles. The second kappa shape index (κ2) is 15.3. The van der Waals surface area contributed by atoms with Crippen LogP contribution in [-0.4, -0.2) is 49.0 Å². The molecule has 49 heavy (non-hydrogen) atoms. The smallest absolute Gasteiger partial charge is 0.357 e. The van der Waals surface area contributed by atoms with E-state index in [0.717, 1.165) is 39.2 Å². The van der Waals surface area contributed by atoms with Crippen molar-refractivity contribution in [2.45, 2.75) is 71.4 Å². The molecule has 9 nitrogen and oxygen atoms in total. The maximum absolute atomic E-state index is 14.0. The summed E-state index contributed by atoms with van der Waals surface area (Å²) in [7, 11) is 1.32. The van der Waals surface area contributed by atoms with Crippen LogP contribution in [0.1, 0.15) is 74.5 Å². The number of carbonyl (C=O) groups is 3. The third-order valence-corrected chi connectivity index (χ3v) is 9.77. The van der Waals surface area contributed by atoms with Crippen molar-refractivity contribution in [1.29, 1.82) is 0 Å². The highest BCUT2D eigenvalue weighted by Gasteiger charge is 2.34. The number of nitrogens with one attached hydrogen (secondary N) is 2. The van der Waals surface area contributed by atoms with Crippen LogP contribution in [0, 0.1) is 20.8 Å². The van der Waals surface area contributed by atoms with Gasteiger partial charge in [-0.2, -0.15) is 0 Å². The third-order valence-electron chi connectivity index (χ3n) is 8.78. The van der Waals surface area contributed by atoms with E-state index in [4.69, 9.17) is 15.2 Å². The minimum atomic E-state index is -2.50. The molecule has 1 fully saturated rings. The Morgan fingerprint density at radius 3 is 2.43 bits per heavy atom. The first-order chi connectivity index (χ1) is 23.4. The van der Waals surface area contributed by atoms with Crippen LogP contribution in [0.5, 0.6) is 5.75 Å². The van der Waals surface area contributed by atoms with Crippen molar-refractivity contribution in [3.63, 3.8) is 0 Å². The SMILES string of the molecule is COC(=O)c1nc(C)ccc1-c1cc2c(cc1C(=O)Nc1c(C)cc(CN)cc1C)-c1sccc1CCO2.O=CNC1CCC(F)(F)CC1. The Hall–Kier alpha value is -4.68. The molecule has 0 unspecified atom stereocenters. The van der Waals surface area contributed by atoms with Crippen LogP contribution < -0.4 is 21.1 Å². The van der Waals surface area contributed by atoms with Crippen LogP contribution in [-0.2, 0) is 22.5 Å². The van der Waals surface area contributed by atoms with Gasteiger partial charge in [-0.1, -0.05) is 18.2 Å². The van der Waals surface area contributed by atoms with Gasteiger partial charge in [-0.05, 0) is 85.5 Å². The lowest BCUT2D eigenvalue weighted by Crippen LogP contribution is -2.36. The Bertz CT molecular complexity index is 1840. The minimum absolute atomic E-state index is 0.0351. The van der Waals surface area contributed by atoms with Crippen molar-refractivity contribution in [2.24, 2.45) is 5.73 Å². The molecule has 2 amide bonds. The number of fused-ring (bicyclic) bond motifs is 3. The predicted molar refractivity (Wildman–Crippen MR) is 186 cm³/mol. The second-order valence-corrected chi connectivity index (χ2v) is 13.2. The number of thiophene rings is 1. The number of nitrogens with two attached hydrogens (primary N) is 1. The van der Waals surface area contributed by atoms with Gasteiger partial charge < -0.3 is 25.8 Å². The van der Waals surface area contributed by atoms with Crippen molar-refractivity contribution in [3.05, 3.63) is 87.0 Å². The molecule has 4 aromatic rings. The summed E-state index contributed by atoms with van der Waals surface area (Å²) >= 11 is 1.62. The van der Waals surface area contributed by atoms with E-state index in [2.05, 4.69) is 27.1 Å². The summed E-state index contributed by atoms with van der Waals surface area (Å²) in [5.74, 6) is -2.71. The zero-order valence-corrected chi connectivity index (χ0v) is 28.8. The van der Waals surface area contributed by atoms with Crippen LogP contribution in [0.25, 0.3) is 21.6 Å². The normalized spacial score (nSPS) is 14.9. The first-order valence-electron chi connectivity index (χ1n) is 16.1. The molecule has 0 saturated heterocycles. The van der Waals surface area contributed by atoms with Crippen molar-refractivity contribution >= 4 is 35.3 Å². The Morgan fingerprint density at radius 2 is 1.78 bits per heavy atom. The van der Waals surface area contributed by atoms with Crippen LogP contribution in [0.2, 0.25) is 0 Å². The number of alkyl halides is 2. The molecule has 2 aromatic carbocycles. The van der Waals surface area contributed by atoms with E-state index >= 15 is 0 Å². The quantitative estimate of drug-likeness (QED) is 0.139. The number of pyridine rings is 1. The van der Waals surface area contributed by atoms with Crippen molar-refractivity contribution in [1.82, 2.24) is 10.3 Å². The maximum Gasteiger partial charge on any atom is 0.357 e. The van der Waals surface area contributed by atoms with Gasteiger partial charge in [0.25, 0.3) is 5.91 Å². The Balaban J connectivity index is 0.000000363. The first-order valence-corrected chi connectivity index (χ1v) is 17.0. The summed E-state index contributed by atoms with van der Waals surface area (Å²) in [5.41, 5.74) is 13.7. The molecule has 0 radical (unpaired) electrons. The van der Waals surface area contributed by atoms with Crippen molar-refractivity contribution < 1.29 is 32.6 Å². The third kappa shape index (κ3) is 8.14. The van der Waals surface area contributed by atoms with Gasteiger partial charge in [-0.15, -0.1) is 11.3 Å². The van der Waals surface area contributed by atoms with E-state index in [1.807, 2.05) is 44.2 Å². The minimum Gasteiger partial charge on any atom is -0.493 e. The van der Waals surface area contributed by atoms with E-state index in [9.17, 15) is 23.2 Å². The number of nitrogens with zero attached hydrogens (tertiary/aromatic N) is 1. The number of aromatic nitrogens is 1. The number of anilines is 1. The number of aryl methyl sites for hydroxylation is 3. The Morgan fingerprint density at radius 1 is 1.06 bits per heavy atom. The summed E-state index contributed by atoms with van der Waals surface area (Å²) in [6.07, 6.45) is 1.94. The summed E-state index contributed by atoms with van der Waals surface area (Å²) in [6, 6.07) is 13.3. The number of esters is 1. The zero-order chi connectivity index (χ0) is 35.3. The number of benzene rings is 2. The van der Waals surface area contributed by atoms with Gasteiger partial charge in [-0.3, -0.25) is 9.59 Å². The zero-order valence-electron chi connectivity index (χ0n) is 28.0. The molecular weight excluding hydrogens is 650 g/mol. The van der Waals surface area contributed by atoms with E-state index in [1.54, 1.807) is 24.3 Å². The fourth-order valence-electron chi connectivity index (χ4n) is 6.21. The molecule has 4 N–H and O–H groups in total. The molecule has 3 heterocycles. The lowest BCUT2D eigenvalue weighted by Gasteiger charge is -2.27. The second-order valence-electron chi connectivity index (χ2n) is 12.3. The summed E-state index contributed by atoms with van der Waals surface area (Å²) in [5, 5.41) is 7.68. The average Bonchev–Trinajstić information content (AvgIpc) is 3.48. The molecule has 1 saturated carbocycles. The Labute approximate surface area is 288 Å². The maximum atomic E-state index is 14.0. The van der Waals surface area contributed by atoms with Gasteiger partial charge in [0, 0.05) is 70.4 Å². The monoisotopic (exact) mass is 690 g/mol. The molecule has 12 heteroatoms. The number of rotatable bonds is 7. The van der Waals surface area contributed by atoms with Crippen molar-refractivity contribution in [2.75, 3.05) is 19.0 Å². The Kier molecular flexibility index (Phi) is 11.1. The average molecular weight is 691 g/mol. The van der Waals surface area contributed by atoms with E-state index in [1.165, 1.54) is 12.7 Å². The van der Waals surface area contributed by atoms with E-state index in [-0.39, 0.29) is 30.5 Å². The number of ether oxygens (including phenoxy) is 2. The number of methoxy groups -OCH3 is 1. The topological polar surface area (TPSA) is 133 Å². The highest BCUT2D eigenvalue weighted by Crippen LogP contribution is 2.43. The highest BCUT2D eigenvalue weighted by atomic mass is 32.1. The summed E-state index contributed by atoms with van der Waals surface area (Å²) in [4.78, 5) is 42.2. The van der Waals surface area contributed by atoms with E-state index in [0.29, 0.717) is 60.5 Å². The van der Waals surface area contributed by atoms with E-state index < -0.39 is 11.9 Å². The van der Waals surface area contributed by atoms with Crippen molar-refractivity contribution in [3.8, 4) is 27.3 Å². The molecule has 2 aliphatic rings. The summed E-state index contributed by atoms with van der Waals surface area (Å²) < 4.78 is 36.2. The standard InChI is InChI=1S/C30H29N3O4S.C7H11F2NO/c1-16-11-19(15-31)12-17(2)26(16)33-29(34)23-13-24-25(37-9-7-20-8-10-38-28(20)24)14-22(23)21-6-5-18(3)32-27(21)30(35)36-4;8-7(9)3-1-6(2-4-7)10-5-11/h5-6,8,10-14H,7,9,15,31H2,1-4H3,(H,33,34);5-6H,1-4H2,(H,10,11). The molecule has 6 rings (SSSR count). The molecule has 0 spiro atoms. The van der Waals surface area contributed by atoms with Gasteiger partial charge in [0.2, 0.25) is 12.3 Å². The number of halogens is 2. The lowest BCUT2D eigenvalue weighted by molar-refractivity contribution is -0.111. The largest absolute Gasteiger partial charge is 0.493 e. The van der Waals surface area contributed by atoms with Crippen LogP contribution in [0.4, 0.5) is 14.5 Å². The first kappa shape index (κ1) is 35.6. The van der Waals surface area contributed by atoms with Gasteiger partial charge in [0.15, 0.2) is 5.69 Å². The number of hydrogen-bond donors (Lipinski definition) is 3. The van der Waals surface area contributed by atoms with Crippen LogP contribution in [0.3, 0.4) is 0 Å². The molecule has 0 atom stereocenters. The molecule has 1 aliphatic carbocycles. The van der Waals surface area contributed by atoms with Gasteiger partial charge in [0.1, 0.15) is 5.75 Å².